The fraction of sp³-hybridized carbons (Fsp3) is 0.308. The number of para-hydroxylation sites is 1. The number of nitrogens with zero attached hydrogens (tertiary/aromatic N) is 2. The van der Waals surface area contributed by atoms with Gasteiger partial charge >= 0.3 is 0 Å². The summed E-state index contributed by atoms with van der Waals surface area (Å²) >= 11 is 0. The summed E-state index contributed by atoms with van der Waals surface area (Å²) in [5.41, 5.74) is 6.68. The molecule has 0 amide bonds. The van der Waals surface area contributed by atoms with E-state index in [0.29, 0.717) is 12.5 Å². The molecular weight excluding hydrogens is 356 g/mol. The fourth-order valence-corrected chi connectivity index (χ4v) is 5.42. The van der Waals surface area contributed by atoms with Gasteiger partial charge in [-0.25, -0.2) is 0 Å². The van der Waals surface area contributed by atoms with E-state index in [9.17, 15) is 5.11 Å². The molecule has 1 N–H and O–H groups in total. The molecular formula is C26H28N2O. The number of aryl methyl sites for hydroxylation is 1. The normalized spacial score (nSPS) is 22.2. The molecule has 3 aromatic rings. The van der Waals surface area contributed by atoms with Gasteiger partial charge in [0.25, 0.3) is 0 Å². The molecule has 3 heteroatoms. The van der Waals surface area contributed by atoms with Crippen LogP contribution in [0.3, 0.4) is 0 Å². The maximum absolute atomic E-state index is 10.9. The second kappa shape index (κ2) is 7.33. The first-order valence-electron chi connectivity index (χ1n) is 10.5. The highest BCUT2D eigenvalue weighted by Gasteiger charge is 2.42. The van der Waals surface area contributed by atoms with Crippen molar-refractivity contribution in [3.63, 3.8) is 0 Å². The molecule has 0 radical (unpaired) electrons. The third-order valence-corrected chi connectivity index (χ3v) is 6.72. The molecule has 148 valence electrons. The van der Waals surface area contributed by atoms with E-state index in [2.05, 4.69) is 83.8 Å². The molecule has 3 nitrogen and oxygen atoms in total. The first-order valence-corrected chi connectivity index (χ1v) is 10.5. The summed E-state index contributed by atoms with van der Waals surface area (Å²) in [6.45, 7) is 4.74. The van der Waals surface area contributed by atoms with Gasteiger partial charge in [-0.3, -0.25) is 4.90 Å². The Morgan fingerprint density at radius 1 is 1.10 bits per heavy atom. The van der Waals surface area contributed by atoms with E-state index in [1.54, 1.807) is 0 Å². The van der Waals surface area contributed by atoms with Crippen LogP contribution >= 0.6 is 0 Å². The van der Waals surface area contributed by atoms with E-state index in [1.807, 2.05) is 6.08 Å². The van der Waals surface area contributed by atoms with E-state index >= 15 is 0 Å². The van der Waals surface area contributed by atoms with Crippen molar-refractivity contribution < 1.29 is 5.11 Å². The minimum absolute atomic E-state index is 0.224. The molecule has 3 atom stereocenters. The van der Waals surface area contributed by atoms with Crippen LogP contribution in [-0.4, -0.2) is 26.7 Å². The summed E-state index contributed by atoms with van der Waals surface area (Å²) in [6.07, 6.45) is 6.16. The molecule has 0 spiro atoms. The maximum atomic E-state index is 10.9. The van der Waals surface area contributed by atoms with Gasteiger partial charge in [0.15, 0.2) is 0 Å². The summed E-state index contributed by atoms with van der Waals surface area (Å²) < 4.78 is 2.39. The number of rotatable bonds is 5. The quantitative estimate of drug-likeness (QED) is 0.633. The molecule has 0 saturated heterocycles. The van der Waals surface area contributed by atoms with Crippen LogP contribution in [0.2, 0.25) is 0 Å². The van der Waals surface area contributed by atoms with Crippen molar-refractivity contribution in [3.05, 3.63) is 95.7 Å². The lowest BCUT2D eigenvalue weighted by Gasteiger charge is -2.47. The van der Waals surface area contributed by atoms with E-state index in [-0.39, 0.29) is 6.04 Å². The molecule has 1 aromatic heterocycles. The van der Waals surface area contributed by atoms with Gasteiger partial charge in [-0.1, -0.05) is 60.7 Å². The van der Waals surface area contributed by atoms with Gasteiger partial charge in [0.2, 0.25) is 0 Å². The van der Waals surface area contributed by atoms with Crippen LogP contribution in [0.1, 0.15) is 35.7 Å². The second-order valence-electron chi connectivity index (χ2n) is 8.31. The Bertz CT molecular complexity index is 1080. The van der Waals surface area contributed by atoms with Crippen molar-refractivity contribution in [1.29, 1.82) is 0 Å². The van der Waals surface area contributed by atoms with Crippen molar-refractivity contribution in [2.75, 3.05) is 0 Å². The van der Waals surface area contributed by atoms with Crippen molar-refractivity contribution in [3.8, 4) is 0 Å². The average molecular weight is 385 g/mol. The molecule has 5 rings (SSSR count). The average Bonchev–Trinajstić information content (AvgIpc) is 3.01. The van der Waals surface area contributed by atoms with Crippen LogP contribution in [0, 0.1) is 0 Å². The third-order valence-electron chi connectivity index (χ3n) is 6.72. The van der Waals surface area contributed by atoms with Crippen LogP contribution in [0.5, 0.6) is 0 Å². The Labute approximate surface area is 172 Å². The molecule has 2 aromatic carbocycles. The van der Waals surface area contributed by atoms with Gasteiger partial charge < -0.3 is 9.67 Å². The van der Waals surface area contributed by atoms with Gasteiger partial charge in [-0.15, -0.1) is 6.58 Å². The lowest BCUT2D eigenvalue weighted by Crippen LogP contribution is -2.49. The Morgan fingerprint density at radius 3 is 2.66 bits per heavy atom. The van der Waals surface area contributed by atoms with Gasteiger partial charge in [-0.2, -0.15) is 0 Å². The lowest BCUT2D eigenvalue weighted by atomic mass is 9.79. The molecule has 0 aliphatic carbocycles. The molecule has 3 heterocycles. The topological polar surface area (TPSA) is 28.4 Å². The molecule has 2 bridgehead atoms. The third kappa shape index (κ3) is 2.97. The maximum Gasteiger partial charge on any atom is 0.0799 e. The number of aromatic nitrogens is 1. The molecule has 2 aliphatic rings. The number of fused-ring (bicyclic) bond motifs is 6. The van der Waals surface area contributed by atoms with Gasteiger partial charge in [0, 0.05) is 36.2 Å². The van der Waals surface area contributed by atoms with E-state index in [1.165, 1.54) is 27.7 Å². The zero-order valence-electron chi connectivity index (χ0n) is 17.0. The summed E-state index contributed by atoms with van der Waals surface area (Å²) in [7, 11) is 2.20. The van der Waals surface area contributed by atoms with E-state index in [0.717, 1.165) is 25.0 Å². The Kier molecular flexibility index (Phi) is 4.65. The Balaban J connectivity index is 1.63. The predicted molar refractivity (Wildman–Crippen MR) is 119 cm³/mol. The van der Waals surface area contributed by atoms with Crippen LogP contribution in [0.4, 0.5) is 0 Å². The summed E-state index contributed by atoms with van der Waals surface area (Å²) in [5.74, 6) is 0. The highest BCUT2D eigenvalue weighted by atomic mass is 16.3. The number of aliphatic hydroxyl groups excluding tert-OH is 1. The van der Waals surface area contributed by atoms with E-state index in [4.69, 9.17) is 0 Å². The summed E-state index contributed by atoms with van der Waals surface area (Å²) in [5, 5.41) is 12.2. The first kappa shape index (κ1) is 18.4. The van der Waals surface area contributed by atoms with Gasteiger partial charge in [0.05, 0.1) is 12.1 Å². The predicted octanol–water partition coefficient (Wildman–Crippen LogP) is 4.91. The zero-order chi connectivity index (χ0) is 20.0. The molecule has 0 saturated carbocycles. The summed E-state index contributed by atoms with van der Waals surface area (Å²) in [6, 6.07) is 20.0. The monoisotopic (exact) mass is 384 g/mol. The molecule has 29 heavy (non-hydrogen) atoms. The molecule has 0 fully saturated rings. The molecule has 2 aliphatic heterocycles. The molecule has 0 unspecified atom stereocenters. The van der Waals surface area contributed by atoms with Crippen molar-refractivity contribution in [2.45, 2.75) is 44.0 Å². The van der Waals surface area contributed by atoms with Gasteiger partial charge in [0.1, 0.15) is 0 Å². The Hall–Kier alpha value is -2.62. The van der Waals surface area contributed by atoms with Crippen LogP contribution in [0.15, 0.2) is 78.9 Å². The van der Waals surface area contributed by atoms with Crippen molar-refractivity contribution in [2.24, 2.45) is 7.05 Å². The lowest BCUT2D eigenvalue weighted by molar-refractivity contribution is 0.0870. The number of hydrogen-bond acceptors (Lipinski definition) is 2. The smallest absolute Gasteiger partial charge is 0.0799 e. The largest absolute Gasteiger partial charge is 0.388 e. The van der Waals surface area contributed by atoms with Crippen LogP contribution in [-0.2, 0) is 20.0 Å². The first-order chi connectivity index (χ1) is 14.2. The van der Waals surface area contributed by atoms with Crippen LogP contribution < -0.4 is 0 Å². The highest BCUT2D eigenvalue weighted by molar-refractivity contribution is 5.86. The van der Waals surface area contributed by atoms with Crippen LogP contribution in [0.25, 0.3) is 10.9 Å². The fourth-order valence-electron chi connectivity index (χ4n) is 5.42. The number of aliphatic hydroxyl groups is 1. The van der Waals surface area contributed by atoms with Crippen molar-refractivity contribution >= 4 is 10.9 Å². The van der Waals surface area contributed by atoms with Gasteiger partial charge in [-0.05, 0) is 42.0 Å². The minimum Gasteiger partial charge on any atom is -0.388 e. The van der Waals surface area contributed by atoms with Crippen molar-refractivity contribution in [1.82, 2.24) is 9.47 Å². The number of benzene rings is 2. The number of hydrogen-bond donors (Lipinski definition) is 1. The minimum atomic E-state index is -0.451. The summed E-state index contributed by atoms with van der Waals surface area (Å²) in [4.78, 5) is 2.61. The highest BCUT2D eigenvalue weighted by Crippen LogP contribution is 2.46. The zero-order valence-corrected chi connectivity index (χ0v) is 17.0. The standard InChI is InChI=1S/C26H28N2O/c1-3-9-25(29)20-14-15-23-26-21(19-12-7-8-13-22(19)27(26)2)16-24(20)28(23)17-18-10-5-4-6-11-18/h3-8,10-14,23-25,29H,1,9,15-17H2,2H3/t23-,24-,25+/m0/s1. The Morgan fingerprint density at radius 2 is 1.86 bits per heavy atom. The second-order valence-corrected chi connectivity index (χ2v) is 8.31. The van der Waals surface area contributed by atoms with E-state index < -0.39 is 6.10 Å². The SMILES string of the molecule is C=CC[C@@H](O)C1=CC[C@H]2c3c(c4ccccc4n3C)C[C@@H]1N2Cc1ccccc1.